The smallest absolute Gasteiger partial charge is 0.405 e. The summed E-state index contributed by atoms with van der Waals surface area (Å²) in [6.07, 6.45) is 11.1. The molecule has 0 spiro atoms. The monoisotopic (exact) mass is 263 g/mol. The predicted octanol–water partition coefficient (Wildman–Crippen LogP) is 4.74. The molecule has 17 heavy (non-hydrogen) atoms. The third-order valence-electron chi connectivity index (χ3n) is 2.84. The van der Waals surface area contributed by atoms with Crippen LogP contribution >= 0.6 is 11.6 Å². The van der Waals surface area contributed by atoms with Gasteiger partial charge in [-0.05, 0) is 6.42 Å². The van der Waals surface area contributed by atoms with Crippen molar-refractivity contribution in [2.45, 2.75) is 76.6 Å². The Morgan fingerprint density at radius 1 is 1.06 bits per heavy atom. The Kier molecular flexibility index (Phi) is 11.7. The molecule has 0 rings (SSSR count). The lowest BCUT2D eigenvalue weighted by molar-refractivity contribution is 0.192. The lowest BCUT2D eigenvalue weighted by Gasteiger charge is -2.08. The molecular weight excluding hydrogens is 238 g/mol. The Balaban J connectivity index is 3.10. The van der Waals surface area contributed by atoms with Crippen LogP contribution in [0.25, 0.3) is 0 Å². The fraction of sp³-hybridized carbons (Fsp3) is 0.923. The van der Waals surface area contributed by atoms with E-state index < -0.39 is 11.6 Å². The molecule has 0 saturated heterocycles. The minimum Gasteiger partial charge on any atom is -0.465 e. The molecule has 2 N–H and O–H groups in total. The number of carbonyl (C=O) groups is 1. The SMILES string of the molecule is CCCCCCCCCCCC(Cl)NC(=O)O. The first kappa shape index (κ1) is 16.6. The molecule has 0 saturated carbocycles. The molecular formula is C13H26ClNO2. The number of hydrogen-bond donors (Lipinski definition) is 2. The molecule has 0 aromatic rings. The van der Waals surface area contributed by atoms with Crippen molar-refractivity contribution in [3.63, 3.8) is 0 Å². The van der Waals surface area contributed by atoms with Gasteiger partial charge in [-0.25, -0.2) is 4.79 Å². The average molecular weight is 264 g/mol. The quantitative estimate of drug-likeness (QED) is 0.321. The largest absolute Gasteiger partial charge is 0.465 e. The maximum absolute atomic E-state index is 10.3. The minimum absolute atomic E-state index is 0.433. The van der Waals surface area contributed by atoms with Crippen LogP contribution in [-0.2, 0) is 0 Å². The van der Waals surface area contributed by atoms with Crippen LogP contribution < -0.4 is 5.32 Å². The third-order valence-corrected chi connectivity index (χ3v) is 3.17. The summed E-state index contributed by atoms with van der Waals surface area (Å²) in [7, 11) is 0. The highest BCUT2D eigenvalue weighted by atomic mass is 35.5. The average Bonchev–Trinajstić information content (AvgIpc) is 2.26. The van der Waals surface area contributed by atoms with Gasteiger partial charge < -0.3 is 10.4 Å². The van der Waals surface area contributed by atoms with Gasteiger partial charge in [-0.15, -0.1) is 0 Å². The lowest BCUT2D eigenvalue weighted by atomic mass is 10.1. The Bertz CT molecular complexity index is 188. The van der Waals surface area contributed by atoms with Gasteiger partial charge in [0.05, 0.1) is 0 Å². The molecule has 3 nitrogen and oxygen atoms in total. The van der Waals surface area contributed by atoms with Crippen LogP contribution in [0.3, 0.4) is 0 Å². The van der Waals surface area contributed by atoms with Crippen molar-refractivity contribution in [3.05, 3.63) is 0 Å². The number of rotatable bonds is 11. The summed E-state index contributed by atoms with van der Waals surface area (Å²) < 4.78 is 0. The molecule has 1 atom stereocenters. The van der Waals surface area contributed by atoms with Crippen molar-refractivity contribution >= 4 is 17.7 Å². The summed E-state index contributed by atoms with van der Waals surface area (Å²) in [5.74, 6) is 0. The number of nitrogens with one attached hydrogen (secondary N) is 1. The first-order valence-electron chi connectivity index (χ1n) is 6.80. The molecule has 0 radical (unpaired) electrons. The summed E-state index contributed by atoms with van der Waals surface area (Å²) in [5, 5.41) is 10.7. The number of unbranched alkanes of at least 4 members (excludes halogenated alkanes) is 8. The van der Waals surface area contributed by atoms with Crippen LogP contribution in [0.2, 0.25) is 0 Å². The number of alkyl halides is 1. The number of amides is 1. The topological polar surface area (TPSA) is 49.3 Å². The van der Waals surface area contributed by atoms with E-state index in [0.29, 0.717) is 0 Å². The standard InChI is InChI=1S/C13H26ClNO2/c1-2-3-4-5-6-7-8-9-10-11-12(14)15-13(16)17/h12,15H,2-11H2,1H3,(H,16,17). The van der Waals surface area contributed by atoms with Crippen molar-refractivity contribution in [3.8, 4) is 0 Å². The highest BCUT2D eigenvalue weighted by molar-refractivity contribution is 6.21. The Labute approximate surface area is 110 Å². The first-order valence-corrected chi connectivity index (χ1v) is 7.24. The van der Waals surface area contributed by atoms with E-state index >= 15 is 0 Å². The normalized spacial score (nSPS) is 12.4. The van der Waals surface area contributed by atoms with Crippen LogP contribution in [0.4, 0.5) is 4.79 Å². The van der Waals surface area contributed by atoms with Gasteiger partial charge in [0.25, 0.3) is 0 Å². The van der Waals surface area contributed by atoms with Crippen LogP contribution in [0, 0.1) is 0 Å². The van der Waals surface area contributed by atoms with Gasteiger partial charge in [0.1, 0.15) is 5.50 Å². The van der Waals surface area contributed by atoms with Crippen LogP contribution in [0.1, 0.15) is 71.1 Å². The molecule has 4 heteroatoms. The van der Waals surface area contributed by atoms with E-state index in [1.54, 1.807) is 0 Å². The van der Waals surface area contributed by atoms with Crippen LogP contribution in [0.5, 0.6) is 0 Å². The molecule has 0 aliphatic carbocycles. The van der Waals surface area contributed by atoms with Crippen molar-refractivity contribution < 1.29 is 9.90 Å². The molecule has 0 aromatic carbocycles. The third kappa shape index (κ3) is 13.5. The highest BCUT2D eigenvalue weighted by Gasteiger charge is 2.05. The van der Waals surface area contributed by atoms with Gasteiger partial charge >= 0.3 is 6.09 Å². The summed E-state index contributed by atoms with van der Waals surface area (Å²) in [4.78, 5) is 10.3. The summed E-state index contributed by atoms with van der Waals surface area (Å²) in [5.41, 5.74) is -0.433. The van der Waals surface area contributed by atoms with Gasteiger partial charge in [-0.2, -0.15) is 0 Å². The van der Waals surface area contributed by atoms with Crippen molar-refractivity contribution in [2.24, 2.45) is 0 Å². The zero-order chi connectivity index (χ0) is 12.9. The zero-order valence-corrected chi connectivity index (χ0v) is 11.6. The van der Waals surface area contributed by atoms with Crippen molar-refractivity contribution in [1.82, 2.24) is 5.32 Å². The van der Waals surface area contributed by atoms with E-state index in [9.17, 15) is 4.79 Å². The first-order chi connectivity index (χ1) is 8.16. The molecule has 0 aliphatic rings. The van der Waals surface area contributed by atoms with E-state index in [-0.39, 0.29) is 0 Å². The van der Waals surface area contributed by atoms with Crippen LogP contribution in [-0.4, -0.2) is 16.7 Å². The van der Waals surface area contributed by atoms with Crippen molar-refractivity contribution in [1.29, 1.82) is 0 Å². The van der Waals surface area contributed by atoms with E-state index in [4.69, 9.17) is 16.7 Å². The number of carboxylic acid groups (broad SMARTS) is 1. The summed E-state index contributed by atoms with van der Waals surface area (Å²) in [6, 6.07) is 0. The maximum atomic E-state index is 10.3. The van der Waals surface area contributed by atoms with Gasteiger partial charge in [0, 0.05) is 0 Å². The molecule has 102 valence electrons. The highest BCUT2D eigenvalue weighted by Crippen LogP contribution is 2.12. The second-order valence-electron chi connectivity index (χ2n) is 4.53. The second kappa shape index (κ2) is 12.0. The second-order valence-corrected chi connectivity index (χ2v) is 5.06. The predicted molar refractivity (Wildman–Crippen MR) is 72.6 cm³/mol. The van der Waals surface area contributed by atoms with E-state index in [1.807, 2.05) is 0 Å². The zero-order valence-electron chi connectivity index (χ0n) is 10.9. The molecule has 0 bridgehead atoms. The van der Waals surface area contributed by atoms with Crippen LogP contribution in [0.15, 0.2) is 0 Å². The molecule has 0 aromatic heterocycles. The molecule has 1 unspecified atom stereocenters. The van der Waals surface area contributed by atoms with Gasteiger partial charge in [0.15, 0.2) is 0 Å². The summed E-state index contributed by atoms with van der Waals surface area (Å²) >= 11 is 5.78. The maximum Gasteiger partial charge on any atom is 0.405 e. The Morgan fingerprint density at radius 2 is 1.53 bits per heavy atom. The fourth-order valence-corrected chi connectivity index (χ4v) is 2.09. The molecule has 0 fully saturated rings. The Morgan fingerprint density at radius 3 is 2.00 bits per heavy atom. The van der Waals surface area contributed by atoms with E-state index in [0.717, 1.165) is 19.3 Å². The lowest BCUT2D eigenvalue weighted by Crippen LogP contribution is -2.28. The molecule has 0 aliphatic heterocycles. The molecule has 1 amide bonds. The number of hydrogen-bond acceptors (Lipinski definition) is 1. The van der Waals surface area contributed by atoms with E-state index in [1.165, 1.54) is 44.9 Å². The minimum atomic E-state index is -1.04. The fourth-order valence-electron chi connectivity index (χ4n) is 1.84. The Hall–Kier alpha value is -0.440. The van der Waals surface area contributed by atoms with Gasteiger partial charge in [-0.3, -0.25) is 0 Å². The van der Waals surface area contributed by atoms with Gasteiger partial charge in [-0.1, -0.05) is 76.3 Å². The number of halogens is 1. The van der Waals surface area contributed by atoms with E-state index in [2.05, 4.69) is 12.2 Å². The van der Waals surface area contributed by atoms with Gasteiger partial charge in [0.2, 0.25) is 0 Å². The molecule has 0 heterocycles. The summed E-state index contributed by atoms with van der Waals surface area (Å²) in [6.45, 7) is 2.23. The van der Waals surface area contributed by atoms with Crippen molar-refractivity contribution in [2.75, 3.05) is 0 Å².